The third kappa shape index (κ3) is 2.46. The molecule has 2 rings (SSSR count). The normalized spacial score (nSPS) is 17.2. The van der Waals surface area contributed by atoms with Crippen LogP contribution in [0.1, 0.15) is 38.2 Å². The predicted molar refractivity (Wildman–Crippen MR) is 66.8 cm³/mol. The first kappa shape index (κ1) is 11.6. The van der Waals surface area contributed by atoms with Crippen LogP contribution in [0, 0.1) is 12.3 Å². The van der Waals surface area contributed by atoms with Crippen molar-refractivity contribution in [3.8, 4) is 0 Å². The zero-order valence-electron chi connectivity index (χ0n) is 9.89. The van der Waals surface area contributed by atoms with E-state index in [2.05, 4.69) is 22.2 Å². The Kier molecular flexibility index (Phi) is 3.33. The van der Waals surface area contributed by atoms with Crippen molar-refractivity contribution in [3.05, 3.63) is 17.0 Å². The molecule has 1 saturated carbocycles. The summed E-state index contributed by atoms with van der Waals surface area (Å²) in [6, 6.07) is 0. The Bertz CT molecular complexity index is 375. The van der Waals surface area contributed by atoms with E-state index < -0.39 is 0 Å². The summed E-state index contributed by atoms with van der Waals surface area (Å²) in [7, 11) is 0. The van der Waals surface area contributed by atoms with Crippen molar-refractivity contribution >= 4 is 17.4 Å². The van der Waals surface area contributed by atoms with E-state index in [9.17, 15) is 0 Å². The first-order valence-electron chi connectivity index (χ1n) is 5.88. The van der Waals surface area contributed by atoms with Gasteiger partial charge in [-0.25, -0.2) is 9.97 Å². The first-order chi connectivity index (χ1) is 7.67. The second-order valence-corrected chi connectivity index (χ2v) is 5.10. The SMILES string of the molecule is CCCC1(CNc2ncnc(Cl)c2C)CC1. The molecule has 1 aromatic rings. The van der Waals surface area contributed by atoms with Crippen molar-refractivity contribution < 1.29 is 0 Å². The number of halogens is 1. The highest BCUT2D eigenvalue weighted by molar-refractivity contribution is 6.30. The van der Waals surface area contributed by atoms with Crippen molar-refractivity contribution in [1.82, 2.24) is 9.97 Å². The molecule has 0 bridgehead atoms. The lowest BCUT2D eigenvalue weighted by molar-refractivity contribution is 0.485. The second kappa shape index (κ2) is 4.58. The van der Waals surface area contributed by atoms with Crippen LogP contribution in [0.25, 0.3) is 0 Å². The molecule has 0 unspecified atom stereocenters. The smallest absolute Gasteiger partial charge is 0.137 e. The van der Waals surface area contributed by atoms with Crippen LogP contribution in [0.15, 0.2) is 6.33 Å². The molecule has 1 aliphatic carbocycles. The molecule has 3 nitrogen and oxygen atoms in total. The standard InChI is InChI=1S/C12H18ClN3/c1-3-4-12(5-6-12)7-14-11-9(2)10(13)15-8-16-11/h8H,3-7H2,1-2H3,(H,14,15,16). The minimum Gasteiger partial charge on any atom is -0.369 e. The molecule has 0 radical (unpaired) electrons. The number of aromatic nitrogens is 2. The molecule has 0 saturated heterocycles. The van der Waals surface area contributed by atoms with E-state index in [1.165, 1.54) is 32.0 Å². The Morgan fingerprint density at radius 2 is 2.19 bits per heavy atom. The predicted octanol–water partition coefficient (Wildman–Crippen LogP) is 3.43. The van der Waals surface area contributed by atoms with Gasteiger partial charge in [-0.3, -0.25) is 0 Å². The molecule has 4 heteroatoms. The van der Waals surface area contributed by atoms with Gasteiger partial charge in [-0.2, -0.15) is 0 Å². The number of rotatable bonds is 5. The molecule has 0 aliphatic heterocycles. The van der Waals surface area contributed by atoms with Gasteiger partial charge in [0.15, 0.2) is 0 Å². The number of nitrogens with zero attached hydrogens (tertiary/aromatic N) is 2. The average Bonchev–Trinajstić information content (AvgIpc) is 3.02. The summed E-state index contributed by atoms with van der Waals surface area (Å²) in [5, 5.41) is 3.95. The van der Waals surface area contributed by atoms with E-state index in [-0.39, 0.29) is 0 Å². The summed E-state index contributed by atoms with van der Waals surface area (Å²) < 4.78 is 0. The lowest BCUT2D eigenvalue weighted by Crippen LogP contribution is -2.16. The lowest BCUT2D eigenvalue weighted by Gasteiger charge is -2.16. The van der Waals surface area contributed by atoms with E-state index in [4.69, 9.17) is 11.6 Å². The Labute approximate surface area is 102 Å². The fourth-order valence-corrected chi connectivity index (χ4v) is 2.23. The molecule has 1 fully saturated rings. The number of anilines is 1. The van der Waals surface area contributed by atoms with Crippen molar-refractivity contribution in [2.75, 3.05) is 11.9 Å². The molecule has 16 heavy (non-hydrogen) atoms. The molecule has 0 spiro atoms. The number of nitrogens with one attached hydrogen (secondary N) is 1. The maximum atomic E-state index is 5.95. The molecule has 1 N–H and O–H groups in total. The molecule has 0 aromatic carbocycles. The highest BCUT2D eigenvalue weighted by Gasteiger charge is 2.41. The van der Waals surface area contributed by atoms with Gasteiger partial charge >= 0.3 is 0 Å². The van der Waals surface area contributed by atoms with Gasteiger partial charge < -0.3 is 5.32 Å². The monoisotopic (exact) mass is 239 g/mol. The molecular formula is C12H18ClN3. The van der Waals surface area contributed by atoms with Gasteiger partial charge in [-0.15, -0.1) is 0 Å². The second-order valence-electron chi connectivity index (χ2n) is 4.74. The van der Waals surface area contributed by atoms with Crippen molar-refractivity contribution in [2.45, 2.75) is 39.5 Å². The van der Waals surface area contributed by atoms with Crippen molar-refractivity contribution in [3.63, 3.8) is 0 Å². The van der Waals surface area contributed by atoms with Gasteiger partial charge in [0.2, 0.25) is 0 Å². The quantitative estimate of drug-likeness (QED) is 0.800. The third-order valence-corrected chi connectivity index (χ3v) is 3.77. The van der Waals surface area contributed by atoms with Crippen LogP contribution < -0.4 is 5.32 Å². The molecule has 1 heterocycles. The maximum absolute atomic E-state index is 5.95. The molecule has 1 aliphatic rings. The topological polar surface area (TPSA) is 37.8 Å². The molecule has 0 amide bonds. The Morgan fingerprint density at radius 1 is 1.44 bits per heavy atom. The molecule has 88 valence electrons. The van der Waals surface area contributed by atoms with Crippen LogP contribution >= 0.6 is 11.6 Å². The Hall–Kier alpha value is -0.830. The summed E-state index contributed by atoms with van der Waals surface area (Å²) in [4.78, 5) is 8.17. The van der Waals surface area contributed by atoms with Crippen LogP contribution in [0.4, 0.5) is 5.82 Å². The van der Waals surface area contributed by atoms with Gasteiger partial charge in [0, 0.05) is 12.1 Å². The fourth-order valence-electron chi connectivity index (χ4n) is 2.10. The summed E-state index contributed by atoms with van der Waals surface area (Å²) in [6.07, 6.45) is 6.75. The van der Waals surface area contributed by atoms with Crippen LogP contribution in [0.5, 0.6) is 0 Å². The van der Waals surface area contributed by atoms with Crippen molar-refractivity contribution in [1.29, 1.82) is 0 Å². The Balaban J connectivity index is 1.97. The van der Waals surface area contributed by atoms with Crippen LogP contribution in [0.3, 0.4) is 0 Å². The van der Waals surface area contributed by atoms with E-state index in [1.807, 2.05) is 6.92 Å². The minimum absolute atomic E-state index is 0.526. The van der Waals surface area contributed by atoms with Gasteiger partial charge in [0.25, 0.3) is 0 Å². The van der Waals surface area contributed by atoms with Crippen LogP contribution in [-0.2, 0) is 0 Å². The lowest BCUT2D eigenvalue weighted by atomic mass is 10.0. The van der Waals surface area contributed by atoms with E-state index in [1.54, 1.807) is 0 Å². The fraction of sp³-hybridized carbons (Fsp3) is 0.667. The van der Waals surface area contributed by atoms with Crippen LogP contribution in [-0.4, -0.2) is 16.5 Å². The highest BCUT2D eigenvalue weighted by Crippen LogP contribution is 2.49. The van der Waals surface area contributed by atoms with Gasteiger partial charge in [0.05, 0.1) is 0 Å². The van der Waals surface area contributed by atoms with E-state index in [0.29, 0.717) is 10.6 Å². The number of hydrogen-bond donors (Lipinski definition) is 1. The van der Waals surface area contributed by atoms with E-state index in [0.717, 1.165) is 17.9 Å². The summed E-state index contributed by atoms with van der Waals surface area (Å²) in [5.41, 5.74) is 1.47. The average molecular weight is 240 g/mol. The van der Waals surface area contributed by atoms with Gasteiger partial charge in [-0.05, 0) is 31.6 Å². The zero-order valence-corrected chi connectivity index (χ0v) is 10.6. The molecule has 0 atom stereocenters. The summed E-state index contributed by atoms with van der Waals surface area (Å²) in [5.74, 6) is 0.877. The first-order valence-corrected chi connectivity index (χ1v) is 6.26. The minimum atomic E-state index is 0.526. The molecule has 1 aromatic heterocycles. The number of hydrogen-bond acceptors (Lipinski definition) is 3. The zero-order chi connectivity index (χ0) is 11.6. The third-order valence-electron chi connectivity index (χ3n) is 3.39. The van der Waals surface area contributed by atoms with E-state index >= 15 is 0 Å². The van der Waals surface area contributed by atoms with Crippen LogP contribution in [0.2, 0.25) is 5.15 Å². The van der Waals surface area contributed by atoms with Crippen molar-refractivity contribution in [2.24, 2.45) is 5.41 Å². The summed E-state index contributed by atoms with van der Waals surface area (Å²) >= 11 is 5.95. The maximum Gasteiger partial charge on any atom is 0.137 e. The van der Waals surface area contributed by atoms with Gasteiger partial charge in [0.1, 0.15) is 17.3 Å². The van der Waals surface area contributed by atoms with Gasteiger partial charge in [-0.1, -0.05) is 24.9 Å². The summed E-state index contributed by atoms with van der Waals surface area (Å²) in [6.45, 7) is 5.20. The Morgan fingerprint density at radius 3 is 2.81 bits per heavy atom. The largest absolute Gasteiger partial charge is 0.369 e. The molecular weight excluding hydrogens is 222 g/mol. The highest BCUT2D eigenvalue weighted by atomic mass is 35.5.